The number of nitrogens with one attached hydrogen (secondary N) is 1. The highest BCUT2D eigenvalue weighted by Crippen LogP contribution is 2.22. The molecule has 0 heterocycles. The lowest BCUT2D eigenvalue weighted by atomic mass is 10.1. The van der Waals surface area contributed by atoms with Crippen molar-refractivity contribution in [3.63, 3.8) is 0 Å². The SMILES string of the molecule is O=[N+]([O-])c1ccc(NCc2cccc(C(F)F)c2)c(F)c1. The minimum Gasteiger partial charge on any atom is -0.379 e. The number of non-ortho nitro benzene ring substituents is 1. The normalized spacial score (nSPS) is 10.7. The summed E-state index contributed by atoms with van der Waals surface area (Å²) in [5.41, 5.74) is 0.171. The van der Waals surface area contributed by atoms with Gasteiger partial charge in [-0.1, -0.05) is 18.2 Å². The number of alkyl halides is 2. The average Bonchev–Trinajstić information content (AvgIpc) is 2.46. The van der Waals surface area contributed by atoms with Gasteiger partial charge >= 0.3 is 0 Å². The Morgan fingerprint density at radius 3 is 2.57 bits per heavy atom. The van der Waals surface area contributed by atoms with Gasteiger partial charge in [-0.25, -0.2) is 13.2 Å². The third-order valence-corrected chi connectivity index (χ3v) is 2.85. The second-order valence-corrected chi connectivity index (χ2v) is 4.32. The van der Waals surface area contributed by atoms with Crippen LogP contribution >= 0.6 is 0 Å². The molecule has 1 N–H and O–H groups in total. The molecule has 110 valence electrons. The molecular formula is C14H11F3N2O2. The topological polar surface area (TPSA) is 55.2 Å². The van der Waals surface area contributed by atoms with Gasteiger partial charge in [-0.3, -0.25) is 10.1 Å². The van der Waals surface area contributed by atoms with Gasteiger partial charge in [0.1, 0.15) is 0 Å². The van der Waals surface area contributed by atoms with E-state index in [0.717, 1.165) is 6.07 Å². The lowest BCUT2D eigenvalue weighted by Gasteiger charge is -2.09. The molecule has 2 rings (SSSR count). The third-order valence-electron chi connectivity index (χ3n) is 2.85. The first-order valence-electron chi connectivity index (χ1n) is 6.02. The Morgan fingerprint density at radius 2 is 1.95 bits per heavy atom. The van der Waals surface area contributed by atoms with Crippen LogP contribution in [0.4, 0.5) is 24.5 Å². The zero-order valence-corrected chi connectivity index (χ0v) is 10.7. The summed E-state index contributed by atoms with van der Waals surface area (Å²) < 4.78 is 38.7. The van der Waals surface area contributed by atoms with E-state index in [1.54, 1.807) is 6.07 Å². The Bertz CT molecular complexity index is 662. The largest absolute Gasteiger partial charge is 0.379 e. The van der Waals surface area contributed by atoms with Gasteiger partial charge in [0, 0.05) is 18.2 Å². The molecule has 0 spiro atoms. The van der Waals surface area contributed by atoms with E-state index in [1.165, 1.54) is 30.3 Å². The molecule has 21 heavy (non-hydrogen) atoms. The molecule has 0 aliphatic heterocycles. The molecule has 0 radical (unpaired) electrons. The number of hydrogen-bond donors (Lipinski definition) is 1. The third kappa shape index (κ3) is 3.71. The van der Waals surface area contributed by atoms with E-state index in [9.17, 15) is 23.3 Å². The van der Waals surface area contributed by atoms with Crippen LogP contribution in [0.5, 0.6) is 0 Å². The molecule has 0 aliphatic carbocycles. The molecule has 0 aliphatic rings. The van der Waals surface area contributed by atoms with E-state index in [2.05, 4.69) is 5.32 Å². The highest BCUT2D eigenvalue weighted by Gasteiger charge is 2.11. The monoisotopic (exact) mass is 296 g/mol. The molecule has 0 aromatic heterocycles. The standard InChI is InChI=1S/C14H11F3N2O2/c15-12-7-11(19(20)21)4-5-13(12)18-8-9-2-1-3-10(6-9)14(16)17/h1-7,14,18H,8H2. The summed E-state index contributed by atoms with van der Waals surface area (Å²) in [4.78, 5) is 9.80. The maximum atomic E-state index is 13.6. The van der Waals surface area contributed by atoms with Crippen molar-refractivity contribution in [2.45, 2.75) is 13.0 Å². The van der Waals surface area contributed by atoms with Gasteiger partial charge in [0.25, 0.3) is 12.1 Å². The van der Waals surface area contributed by atoms with Crippen LogP contribution in [0.3, 0.4) is 0 Å². The molecule has 0 saturated carbocycles. The fraction of sp³-hybridized carbons (Fsp3) is 0.143. The van der Waals surface area contributed by atoms with Gasteiger partial charge in [-0.2, -0.15) is 0 Å². The molecule has 0 saturated heterocycles. The fourth-order valence-corrected chi connectivity index (χ4v) is 1.80. The average molecular weight is 296 g/mol. The molecule has 0 unspecified atom stereocenters. The maximum Gasteiger partial charge on any atom is 0.272 e. The highest BCUT2D eigenvalue weighted by molar-refractivity contribution is 5.50. The van der Waals surface area contributed by atoms with E-state index in [4.69, 9.17) is 0 Å². The number of rotatable bonds is 5. The number of benzene rings is 2. The molecule has 2 aromatic carbocycles. The van der Waals surface area contributed by atoms with Crippen LogP contribution in [-0.2, 0) is 6.54 Å². The van der Waals surface area contributed by atoms with Crippen LogP contribution in [0.1, 0.15) is 17.6 Å². The smallest absolute Gasteiger partial charge is 0.272 e. The minimum absolute atomic E-state index is 0.0723. The van der Waals surface area contributed by atoms with Crippen LogP contribution in [0, 0.1) is 15.9 Å². The van der Waals surface area contributed by atoms with Crippen molar-refractivity contribution in [1.82, 2.24) is 0 Å². The van der Waals surface area contributed by atoms with Crippen LogP contribution in [0.15, 0.2) is 42.5 Å². The molecule has 7 heteroatoms. The van der Waals surface area contributed by atoms with Crippen molar-refractivity contribution in [2.24, 2.45) is 0 Å². The molecular weight excluding hydrogens is 285 g/mol. The molecule has 2 aromatic rings. The number of nitro benzene ring substituents is 1. The summed E-state index contributed by atoms with van der Waals surface area (Å²) in [6, 6.07) is 8.96. The second-order valence-electron chi connectivity index (χ2n) is 4.32. The van der Waals surface area contributed by atoms with Crippen molar-refractivity contribution in [3.8, 4) is 0 Å². The summed E-state index contributed by atoms with van der Waals surface area (Å²) in [5.74, 6) is -0.769. The van der Waals surface area contributed by atoms with Gasteiger partial charge in [0.15, 0.2) is 5.82 Å². The number of nitrogens with zero attached hydrogens (tertiary/aromatic N) is 1. The summed E-state index contributed by atoms with van der Waals surface area (Å²) in [5, 5.41) is 13.2. The zero-order chi connectivity index (χ0) is 15.4. The quantitative estimate of drug-likeness (QED) is 0.661. The van der Waals surface area contributed by atoms with E-state index in [0.29, 0.717) is 5.56 Å². The fourth-order valence-electron chi connectivity index (χ4n) is 1.80. The Morgan fingerprint density at radius 1 is 1.19 bits per heavy atom. The van der Waals surface area contributed by atoms with Crippen LogP contribution < -0.4 is 5.32 Å². The second kappa shape index (κ2) is 6.25. The number of halogens is 3. The molecule has 0 bridgehead atoms. The number of nitro groups is 1. The van der Waals surface area contributed by atoms with Gasteiger partial charge in [0.05, 0.1) is 16.7 Å². The van der Waals surface area contributed by atoms with Gasteiger partial charge in [0.2, 0.25) is 0 Å². The maximum absolute atomic E-state index is 13.6. The predicted molar refractivity (Wildman–Crippen MR) is 71.8 cm³/mol. The van der Waals surface area contributed by atoms with E-state index >= 15 is 0 Å². The Hall–Kier alpha value is -2.57. The van der Waals surface area contributed by atoms with Crippen molar-refractivity contribution in [3.05, 3.63) is 69.5 Å². The van der Waals surface area contributed by atoms with E-state index < -0.39 is 17.2 Å². The van der Waals surface area contributed by atoms with Crippen molar-refractivity contribution >= 4 is 11.4 Å². The van der Waals surface area contributed by atoms with Gasteiger partial charge in [-0.05, 0) is 17.7 Å². The lowest BCUT2D eigenvalue weighted by Crippen LogP contribution is -2.02. The Kier molecular flexibility index (Phi) is 4.42. The zero-order valence-electron chi connectivity index (χ0n) is 10.7. The van der Waals surface area contributed by atoms with Crippen molar-refractivity contribution in [1.29, 1.82) is 0 Å². The van der Waals surface area contributed by atoms with E-state index in [-0.39, 0.29) is 23.5 Å². The Labute approximate surface area is 118 Å². The lowest BCUT2D eigenvalue weighted by molar-refractivity contribution is -0.385. The summed E-state index contributed by atoms with van der Waals surface area (Å²) in [7, 11) is 0. The van der Waals surface area contributed by atoms with Crippen LogP contribution in [0.25, 0.3) is 0 Å². The van der Waals surface area contributed by atoms with Crippen LogP contribution in [0.2, 0.25) is 0 Å². The molecule has 4 nitrogen and oxygen atoms in total. The molecule has 0 amide bonds. The number of hydrogen-bond acceptors (Lipinski definition) is 3. The summed E-state index contributed by atoms with van der Waals surface area (Å²) in [6.07, 6.45) is -2.57. The van der Waals surface area contributed by atoms with Crippen LogP contribution in [-0.4, -0.2) is 4.92 Å². The van der Waals surface area contributed by atoms with Crippen molar-refractivity contribution < 1.29 is 18.1 Å². The predicted octanol–water partition coefficient (Wildman–Crippen LogP) is 4.28. The van der Waals surface area contributed by atoms with Crippen molar-refractivity contribution in [2.75, 3.05) is 5.32 Å². The first-order chi connectivity index (χ1) is 9.97. The number of anilines is 1. The first-order valence-corrected chi connectivity index (χ1v) is 6.02. The molecule has 0 atom stereocenters. The molecule has 0 fully saturated rings. The Balaban J connectivity index is 2.09. The van der Waals surface area contributed by atoms with E-state index in [1.807, 2.05) is 0 Å². The highest BCUT2D eigenvalue weighted by atomic mass is 19.3. The van der Waals surface area contributed by atoms with Gasteiger partial charge < -0.3 is 5.32 Å². The summed E-state index contributed by atoms with van der Waals surface area (Å²) in [6.45, 7) is 0.134. The first kappa shape index (κ1) is 14.8. The summed E-state index contributed by atoms with van der Waals surface area (Å²) >= 11 is 0. The van der Waals surface area contributed by atoms with Gasteiger partial charge in [-0.15, -0.1) is 0 Å². The minimum atomic E-state index is -2.57.